The van der Waals surface area contributed by atoms with Gasteiger partial charge in [0.2, 0.25) is 0 Å². The van der Waals surface area contributed by atoms with Crippen molar-refractivity contribution in [3.63, 3.8) is 0 Å². The molecule has 0 N–H and O–H groups in total. The number of rotatable bonds is 9. The van der Waals surface area contributed by atoms with Crippen LogP contribution in [0.25, 0.3) is 0 Å². The molecule has 27 heavy (non-hydrogen) atoms. The number of hydrogen-bond donors (Lipinski definition) is 0. The normalized spacial score (nSPS) is 11.1. The third kappa shape index (κ3) is 5.07. The first-order chi connectivity index (χ1) is 13.0. The molecule has 2 aromatic carbocycles. The predicted octanol–water partition coefficient (Wildman–Crippen LogP) is 4.69. The number of allylic oxidation sites excluding steroid dienone is 1. The highest BCUT2D eigenvalue weighted by atomic mass is 16.6. The van der Waals surface area contributed by atoms with Gasteiger partial charge < -0.3 is 9.47 Å². The van der Waals surface area contributed by atoms with Gasteiger partial charge in [-0.05, 0) is 23.5 Å². The molecule has 2 aromatic rings. The van der Waals surface area contributed by atoms with E-state index in [0.29, 0.717) is 0 Å². The maximum Gasteiger partial charge on any atom is 0.324 e. The van der Waals surface area contributed by atoms with Crippen molar-refractivity contribution in [1.82, 2.24) is 0 Å². The number of carbonyl (C=O) groups excluding carboxylic acids is 2. The third-order valence-electron chi connectivity index (χ3n) is 4.61. The van der Waals surface area contributed by atoms with E-state index in [2.05, 4.69) is 6.58 Å². The summed E-state index contributed by atoms with van der Waals surface area (Å²) in [7, 11) is 0. The Balaban J connectivity index is 2.15. The zero-order valence-corrected chi connectivity index (χ0v) is 15.9. The van der Waals surface area contributed by atoms with E-state index in [0.717, 1.165) is 11.1 Å². The van der Waals surface area contributed by atoms with Gasteiger partial charge in [-0.2, -0.15) is 0 Å². The summed E-state index contributed by atoms with van der Waals surface area (Å²) in [5.74, 6) is -1.47. The van der Waals surface area contributed by atoms with Crippen molar-refractivity contribution in [3.8, 4) is 0 Å². The van der Waals surface area contributed by atoms with Gasteiger partial charge in [0.1, 0.15) is 13.2 Å². The van der Waals surface area contributed by atoms with Gasteiger partial charge in [0, 0.05) is 0 Å². The molecule has 0 spiro atoms. The molecule has 142 valence electrons. The largest absolute Gasteiger partial charge is 0.460 e. The molecule has 0 amide bonds. The van der Waals surface area contributed by atoms with E-state index in [1.807, 2.05) is 74.5 Å². The summed E-state index contributed by atoms with van der Waals surface area (Å²) < 4.78 is 11.0. The monoisotopic (exact) mass is 366 g/mol. The van der Waals surface area contributed by atoms with Gasteiger partial charge >= 0.3 is 11.9 Å². The van der Waals surface area contributed by atoms with E-state index < -0.39 is 17.4 Å². The van der Waals surface area contributed by atoms with Crippen LogP contribution in [0.4, 0.5) is 0 Å². The lowest BCUT2D eigenvalue weighted by Gasteiger charge is -2.32. The minimum atomic E-state index is -1.41. The van der Waals surface area contributed by atoms with Crippen LogP contribution in [-0.4, -0.2) is 11.9 Å². The number of esters is 2. The minimum Gasteiger partial charge on any atom is -0.460 e. The highest BCUT2D eigenvalue weighted by Gasteiger charge is 2.50. The van der Waals surface area contributed by atoms with Crippen LogP contribution in [0.15, 0.2) is 73.3 Å². The molecule has 0 aliphatic carbocycles. The average molecular weight is 366 g/mol. The van der Waals surface area contributed by atoms with Crippen LogP contribution in [0.5, 0.6) is 0 Å². The Morgan fingerprint density at radius 1 is 0.889 bits per heavy atom. The van der Waals surface area contributed by atoms with Gasteiger partial charge in [-0.25, -0.2) is 0 Å². The second-order valence-electron chi connectivity index (χ2n) is 6.74. The molecule has 4 nitrogen and oxygen atoms in total. The van der Waals surface area contributed by atoms with Crippen LogP contribution in [0.3, 0.4) is 0 Å². The fraction of sp³-hybridized carbons (Fsp3) is 0.304. The number of ether oxygens (including phenoxy) is 2. The van der Waals surface area contributed by atoms with Gasteiger partial charge in [0.15, 0.2) is 5.41 Å². The first kappa shape index (κ1) is 20.4. The molecule has 0 unspecified atom stereocenters. The van der Waals surface area contributed by atoms with Crippen molar-refractivity contribution in [1.29, 1.82) is 0 Å². The van der Waals surface area contributed by atoms with Crippen molar-refractivity contribution in [2.24, 2.45) is 11.3 Å². The van der Waals surface area contributed by atoms with Gasteiger partial charge in [-0.3, -0.25) is 9.59 Å². The van der Waals surface area contributed by atoms with E-state index in [1.165, 1.54) is 0 Å². The van der Waals surface area contributed by atoms with Crippen LogP contribution >= 0.6 is 0 Å². The second kappa shape index (κ2) is 9.72. The fourth-order valence-electron chi connectivity index (χ4n) is 2.89. The van der Waals surface area contributed by atoms with Crippen LogP contribution in [-0.2, 0) is 32.3 Å². The highest BCUT2D eigenvalue weighted by Crippen LogP contribution is 2.36. The van der Waals surface area contributed by atoms with Crippen molar-refractivity contribution in [2.45, 2.75) is 33.5 Å². The van der Waals surface area contributed by atoms with Crippen molar-refractivity contribution in [3.05, 3.63) is 84.4 Å². The van der Waals surface area contributed by atoms with E-state index in [-0.39, 0.29) is 25.6 Å². The molecule has 0 saturated heterocycles. The van der Waals surface area contributed by atoms with Crippen LogP contribution in [0, 0.1) is 11.3 Å². The van der Waals surface area contributed by atoms with Gasteiger partial charge in [-0.15, -0.1) is 6.58 Å². The number of benzene rings is 2. The first-order valence-corrected chi connectivity index (χ1v) is 9.04. The molecular weight excluding hydrogens is 340 g/mol. The predicted molar refractivity (Wildman–Crippen MR) is 105 cm³/mol. The molecule has 0 aliphatic rings. The summed E-state index contributed by atoms with van der Waals surface area (Å²) in [6.45, 7) is 7.56. The molecule has 0 bridgehead atoms. The lowest BCUT2D eigenvalue weighted by molar-refractivity contribution is -0.178. The summed E-state index contributed by atoms with van der Waals surface area (Å²) in [6.07, 6.45) is 1.72. The molecule has 4 heteroatoms. The standard InChI is InChI=1S/C23H26O4/c1-4-15-23(18(2)3,21(24)26-16-19-11-7-5-8-12-19)22(25)27-17-20-13-9-6-10-14-20/h4-14,18H,1,15-17H2,2-3H3. The van der Waals surface area contributed by atoms with E-state index >= 15 is 0 Å². The van der Waals surface area contributed by atoms with E-state index in [4.69, 9.17) is 9.47 Å². The van der Waals surface area contributed by atoms with Crippen LogP contribution < -0.4 is 0 Å². The molecule has 2 rings (SSSR count). The molecule has 0 fully saturated rings. The Bertz CT molecular complexity index is 695. The van der Waals surface area contributed by atoms with Gasteiger partial charge in [0.05, 0.1) is 0 Å². The third-order valence-corrected chi connectivity index (χ3v) is 4.61. The zero-order chi connectivity index (χ0) is 19.7. The zero-order valence-electron chi connectivity index (χ0n) is 15.9. The SMILES string of the molecule is C=CCC(C(=O)OCc1ccccc1)(C(=O)OCc1ccccc1)C(C)C. The van der Waals surface area contributed by atoms with Crippen molar-refractivity contribution >= 4 is 11.9 Å². The van der Waals surface area contributed by atoms with E-state index in [9.17, 15) is 9.59 Å². The molecule has 0 saturated carbocycles. The summed E-state index contributed by atoms with van der Waals surface area (Å²) in [4.78, 5) is 25.9. The first-order valence-electron chi connectivity index (χ1n) is 9.04. The molecule has 0 atom stereocenters. The van der Waals surface area contributed by atoms with Gasteiger partial charge in [-0.1, -0.05) is 80.6 Å². The Kier molecular flexibility index (Phi) is 7.35. The Labute approximate surface area is 160 Å². The van der Waals surface area contributed by atoms with Crippen LogP contribution in [0.2, 0.25) is 0 Å². The Morgan fingerprint density at radius 3 is 1.63 bits per heavy atom. The Hall–Kier alpha value is -2.88. The fourth-order valence-corrected chi connectivity index (χ4v) is 2.89. The topological polar surface area (TPSA) is 52.6 Å². The van der Waals surface area contributed by atoms with Crippen molar-refractivity contribution < 1.29 is 19.1 Å². The highest BCUT2D eigenvalue weighted by molar-refractivity contribution is 6.00. The lowest BCUT2D eigenvalue weighted by Crippen LogP contribution is -2.45. The molecule has 0 radical (unpaired) electrons. The quantitative estimate of drug-likeness (QED) is 0.367. The van der Waals surface area contributed by atoms with E-state index in [1.54, 1.807) is 6.08 Å². The molecular formula is C23H26O4. The minimum absolute atomic E-state index is 0.108. The average Bonchev–Trinajstić information content (AvgIpc) is 2.69. The molecule has 0 heterocycles. The molecule has 0 aromatic heterocycles. The summed E-state index contributed by atoms with van der Waals surface area (Å²) in [6, 6.07) is 18.7. The lowest BCUT2D eigenvalue weighted by atomic mass is 9.74. The smallest absolute Gasteiger partial charge is 0.324 e. The summed E-state index contributed by atoms with van der Waals surface area (Å²) >= 11 is 0. The maximum absolute atomic E-state index is 13.0. The summed E-state index contributed by atoms with van der Waals surface area (Å²) in [5, 5.41) is 0. The number of hydrogen-bond acceptors (Lipinski definition) is 4. The Morgan fingerprint density at radius 2 is 1.30 bits per heavy atom. The molecule has 0 aliphatic heterocycles. The maximum atomic E-state index is 13.0. The number of carbonyl (C=O) groups is 2. The van der Waals surface area contributed by atoms with Gasteiger partial charge in [0.25, 0.3) is 0 Å². The van der Waals surface area contributed by atoms with Crippen LogP contribution in [0.1, 0.15) is 31.4 Å². The van der Waals surface area contributed by atoms with Crippen molar-refractivity contribution in [2.75, 3.05) is 0 Å². The summed E-state index contributed by atoms with van der Waals surface area (Å²) in [5.41, 5.74) is 0.310. The second-order valence-corrected chi connectivity index (χ2v) is 6.74.